The fourth-order valence-electron chi connectivity index (χ4n) is 2.94. The van der Waals surface area contributed by atoms with Crippen LogP contribution < -0.4 is 0 Å². The number of benzene rings is 3. The van der Waals surface area contributed by atoms with Gasteiger partial charge in [-0.05, 0) is 0 Å². The first-order valence-electron chi connectivity index (χ1n) is 7.92. The third-order valence-electron chi connectivity index (χ3n) is 4.15. The van der Waals surface area contributed by atoms with Gasteiger partial charge >= 0.3 is 0 Å². The number of aliphatic imine (C=N–C) groups is 1. The van der Waals surface area contributed by atoms with E-state index in [4.69, 9.17) is 9.73 Å². The number of nitrogens with zero attached hydrogens (tertiary/aromatic N) is 1. The van der Waals surface area contributed by atoms with Gasteiger partial charge in [-0.3, -0.25) is 0 Å². The molecule has 0 aromatic heterocycles. The second-order valence-corrected chi connectivity index (χ2v) is 5.73. The summed E-state index contributed by atoms with van der Waals surface area (Å²) in [6.45, 7) is 0. The van der Waals surface area contributed by atoms with Gasteiger partial charge < -0.3 is 9.84 Å². The van der Waals surface area contributed by atoms with Crippen molar-refractivity contribution in [1.82, 2.24) is 0 Å². The molecule has 2 atom stereocenters. The summed E-state index contributed by atoms with van der Waals surface area (Å²) < 4.78 is 6.04. The molecule has 1 aliphatic heterocycles. The third-order valence-corrected chi connectivity index (χ3v) is 4.15. The molecule has 0 amide bonds. The summed E-state index contributed by atoms with van der Waals surface area (Å²) in [5, 5.41) is 11.4. The second kappa shape index (κ2) is 6.04. The maximum absolute atomic E-state index is 11.4. The molecule has 3 nitrogen and oxygen atoms in total. The van der Waals surface area contributed by atoms with Gasteiger partial charge in [-0.25, -0.2) is 4.99 Å². The first-order chi connectivity index (χ1) is 11.8. The van der Waals surface area contributed by atoms with Crippen LogP contribution >= 0.6 is 0 Å². The smallest absolute Gasteiger partial charge is 0.239 e. The Bertz CT molecular complexity index is 847. The van der Waals surface area contributed by atoms with E-state index < -0.39 is 12.0 Å². The minimum Gasteiger partial charge on any atom is -0.357 e. The largest absolute Gasteiger partial charge is 0.357 e. The van der Waals surface area contributed by atoms with Crippen molar-refractivity contribution in [2.24, 2.45) is 4.99 Å². The third kappa shape index (κ3) is 2.54. The molecule has 1 aliphatic rings. The van der Waals surface area contributed by atoms with Crippen molar-refractivity contribution in [3.8, 4) is 0 Å². The Labute approximate surface area is 140 Å². The molecule has 0 aliphatic carbocycles. The van der Waals surface area contributed by atoms with Crippen LogP contribution in [0.25, 0.3) is 0 Å². The molecular formula is C21H17NO2. The van der Waals surface area contributed by atoms with Gasteiger partial charge in [0, 0.05) is 16.7 Å². The summed E-state index contributed by atoms with van der Waals surface area (Å²) in [5.74, 6) is -1.57. The summed E-state index contributed by atoms with van der Waals surface area (Å²) in [7, 11) is 0. The Morgan fingerprint density at radius 1 is 0.750 bits per heavy atom. The molecule has 1 N–H and O–H groups in total. The van der Waals surface area contributed by atoms with Crippen LogP contribution in [0.2, 0.25) is 0 Å². The van der Waals surface area contributed by atoms with Crippen LogP contribution in [-0.2, 0) is 10.5 Å². The van der Waals surface area contributed by atoms with E-state index in [0.717, 1.165) is 11.1 Å². The van der Waals surface area contributed by atoms with E-state index in [1.54, 1.807) is 0 Å². The molecule has 0 unspecified atom stereocenters. The SMILES string of the molecule is O[C@@]1(c2ccccc2)O[C@H](c2ccccc2)N=C1c1ccccc1. The number of hydrogen-bond donors (Lipinski definition) is 1. The van der Waals surface area contributed by atoms with Crippen molar-refractivity contribution in [3.63, 3.8) is 0 Å². The first kappa shape index (κ1) is 14.8. The van der Waals surface area contributed by atoms with Crippen LogP contribution in [0.4, 0.5) is 0 Å². The highest BCUT2D eigenvalue weighted by Gasteiger charge is 2.45. The molecule has 0 spiro atoms. The summed E-state index contributed by atoms with van der Waals surface area (Å²) in [4.78, 5) is 4.70. The van der Waals surface area contributed by atoms with Crippen molar-refractivity contribution in [2.45, 2.75) is 12.0 Å². The maximum Gasteiger partial charge on any atom is 0.239 e. The number of ether oxygens (including phenoxy) is 1. The first-order valence-corrected chi connectivity index (χ1v) is 7.92. The lowest BCUT2D eigenvalue weighted by Gasteiger charge is -2.25. The second-order valence-electron chi connectivity index (χ2n) is 5.73. The van der Waals surface area contributed by atoms with Crippen molar-refractivity contribution >= 4 is 5.71 Å². The lowest BCUT2D eigenvalue weighted by atomic mass is 9.96. The Hall–Kier alpha value is -2.75. The molecule has 24 heavy (non-hydrogen) atoms. The highest BCUT2D eigenvalue weighted by molar-refractivity contribution is 6.07. The van der Waals surface area contributed by atoms with E-state index in [1.807, 2.05) is 91.0 Å². The fourth-order valence-corrected chi connectivity index (χ4v) is 2.94. The molecule has 0 fully saturated rings. The molecular weight excluding hydrogens is 298 g/mol. The van der Waals surface area contributed by atoms with Gasteiger partial charge in [0.2, 0.25) is 5.79 Å². The Morgan fingerprint density at radius 2 is 1.29 bits per heavy atom. The molecule has 0 saturated heterocycles. The quantitative estimate of drug-likeness (QED) is 0.792. The molecule has 3 aromatic rings. The maximum atomic E-state index is 11.4. The van der Waals surface area contributed by atoms with Gasteiger partial charge in [0.25, 0.3) is 0 Å². The Balaban J connectivity index is 1.83. The zero-order valence-corrected chi connectivity index (χ0v) is 13.0. The lowest BCUT2D eigenvalue weighted by Crippen LogP contribution is -2.35. The van der Waals surface area contributed by atoms with Gasteiger partial charge in [-0.15, -0.1) is 0 Å². The lowest BCUT2D eigenvalue weighted by molar-refractivity contribution is -0.172. The van der Waals surface area contributed by atoms with Crippen molar-refractivity contribution in [2.75, 3.05) is 0 Å². The van der Waals surface area contributed by atoms with Crippen LogP contribution in [0.3, 0.4) is 0 Å². The number of hydrogen-bond acceptors (Lipinski definition) is 3. The Kier molecular flexibility index (Phi) is 3.73. The summed E-state index contributed by atoms with van der Waals surface area (Å²) in [6, 6.07) is 28.8. The fraction of sp³-hybridized carbons (Fsp3) is 0.0952. The molecule has 3 heteroatoms. The minimum atomic E-state index is -1.57. The minimum absolute atomic E-state index is 0.531. The number of aliphatic hydroxyl groups is 1. The topological polar surface area (TPSA) is 41.8 Å². The molecule has 0 bridgehead atoms. The molecule has 3 aromatic carbocycles. The van der Waals surface area contributed by atoms with Crippen LogP contribution in [-0.4, -0.2) is 10.8 Å². The van der Waals surface area contributed by atoms with Gasteiger partial charge in [-0.1, -0.05) is 91.0 Å². The van der Waals surface area contributed by atoms with Crippen molar-refractivity contribution in [1.29, 1.82) is 0 Å². The van der Waals surface area contributed by atoms with E-state index in [9.17, 15) is 5.11 Å². The summed E-state index contributed by atoms with van der Waals surface area (Å²) in [6.07, 6.45) is -0.536. The van der Waals surface area contributed by atoms with Gasteiger partial charge in [0.1, 0.15) is 5.71 Å². The summed E-state index contributed by atoms with van der Waals surface area (Å²) in [5.41, 5.74) is 2.97. The zero-order valence-electron chi connectivity index (χ0n) is 13.0. The predicted octanol–water partition coefficient (Wildman–Crippen LogP) is 4.05. The zero-order chi connectivity index (χ0) is 16.4. The molecule has 4 rings (SSSR count). The van der Waals surface area contributed by atoms with E-state index in [0.29, 0.717) is 11.3 Å². The van der Waals surface area contributed by atoms with E-state index >= 15 is 0 Å². The molecule has 1 heterocycles. The van der Waals surface area contributed by atoms with E-state index in [-0.39, 0.29) is 0 Å². The molecule has 118 valence electrons. The van der Waals surface area contributed by atoms with Gasteiger partial charge in [0.15, 0.2) is 6.23 Å². The van der Waals surface area contributed by atoms with Gasteiger partial charge in [-0.2, -0.15) is 0 Å². The van der Waals surface area contributed by atoms with Crippen LogP contribution in [0, 0.1) is 0 Å². The molecule has 0 radical (unpaired) electrons. The molecule has 0 saturated carbocycles. The highest BCUT2D eigenvalue weighted by Crippen LogP contribution is 2.40. The van der Waals surface area contributed by atoms with Crippen LogP contribution in [0.1, 0.15) is 22.9 Å². The Morgan fingerprint density at radius 3 is 1.92 bits per heavy atom. The highest BCUT2D eigenvalue weighted by atomic mass is 16.6. The van der Waals surface area contributed by atoms with Crippen LogP contribution in [0.15, 0.2) is 96.0 Å². The predicted molar refractivity (Wildman–Crippen MR) is 93.6 cm³/mol. The van der Waals surface area contributed by atoms with E-state index in [2.05, 4.69) is 0 Å². The monoisotopic (exact) mass is 315 g/mol. The number of rotatable bonds is 3. The van der Waals surface area contributed by atoms with E-state index in [1.165, 1.54) is 0 Å². The average molecular weight is 315 g/mol. The standard InChI is InChI=1S/C21H17NO2/c23-21(18-14-8-3-9-15-18)19(16-10-4-1-5-11-16)22-20(24-21)17-12-6-2-7-13-17/h1-15,20,23H/t20-,21+/m1/s1. The van der Waals surface area contributed by atoms with Crippen molar-refractivity contribution < 1.29 is 9.84 Å². The van der Waals surface area contributed by atoms with Gasteiger partial charge in [0.05, 0.1) is 0 Å². The van der Waals surface area contributed by atoms with Crippen LogP contribution in [0.5, 0.6) is 0 Å². The normalized spacial score (nSPS) is 23.0. The van der Waals surface area contributed by atoms with Crippen molar-refractivity contribution in [3.05, 3.63) is 108 Å². The average Bonchev–Trinajstić information content (AvgIpc) is 3.03. The summed E-state index contributed by atoms with van der Waals surface area (Å²) >= 11 is 0.